The Morgan fingerprint density at radius 3 is 2.66 bits per heavy atom. The average Bonchev–Trinajstić information content (AvgIpc) is 2.98. The molecule has 0 aliphatic heterocycles. The molecule has 160 valence electrons. The van der Waals surface area contributed by atoms with Gasteiger partial charge in [-0.2, -0.15) is 13.2 Å². The number of alkyl halides is 3. The van der Waals surface area contributed by atoms with E-state index in [-0.39, 0.29) is 29.9 Å². The quantitative estimate of drug-likeness (QED) is 0.456. The molecule has 1 aromatic carbocycles. The van der Waals surface area contributed by atoms with Crippen LogP contribution >= 0.6 is 0 Å². The van der Waals surface area contributed by atoms with Gasteiger partial charge in [-0.25, -0.2) is 4.99 Å². The number of carbonyl (C=O) groups is 1. The Labute approximate surface area is 169 Å². The number of aryl methyl sites for hydroxylation is 1. The molecular weight excluding hydrogens is 383 g/mol. The van der Waals surface area contributed by atoms with Crippen molar-refractivity contribution < 1.29 is 22.7 Å². The number of fused-ring (bicyclic) bond motifs is 1. The van der Waals surface area contributed by atoms with Gasteiger partial charge in [-0.1, -0.05) is 18.2 Å². The lowest BCUT2D eigenvalue weighted by Crippen LogP contribution is -2.37. The number of amides is 1. The van der Waals surface area contributed by atoms with Crippen LogP contribution < -0.4 is 5.73 Å². The topological polar surface area (TPSA) is 67.9 Å². The van der Waals surface area contributed by atoms with Crippen LogP contribution in [0.2, 0.25) is 0 Å². The molecule has 1 atom stereocenters. The summed E-state index contributed by atoms with van der Waals surface area (Å²) in [6, 6.07) is 5.29. The summed E-state index contributed by atoms with van der Waals surface area (Å²) in [7, 11) is 3.25. The van der Waals surface area contributed by atoms with Gasteiger partial charge in [0.15, 0.2) is 5.96 Å². The van der Waals surface area contributed by atoms with Crippen molar-refractivity contribution in [3.8, 4) is 0 Å². The maximum atomic E-state index is 12.7. The number of benzene rings is 1. The number of ether oxygens (including phenoxy) is 1. The second-order valence-electron chi connectivity index (χ2n) is 8.23. The van der Waals surface area contributed by atoms with Crippen LogP contribution in [-0.4, -0.2) is 43.7 Å². The standard InChI is InChI=1S/C21H28F3N3O2/c1-27(13-28)19(25)26-18-17-11-14(5-10-21(22,23)24)3-4-15(17)12-20(18)8-6-16(29-2)7-9-20/h3-4,11,13,16,18H,5-10,12H2,1-2H3,(H2,25,26). The lowest BCUT2D eigenvalue weighted by atomic mass is 9.68. The fourth-order valence-electron chi connectivity index (χ4n) is 4.64. The average molecular weight is 411 g/mol. The molecule has 1 spiro atoms. The highest BCUT2D eigenvalue weighted by Gasteiger charge is 2.48. The Hall–Kier alpha value is -2.09. The van der Waals surface area contributed by atoms with Gasteiger partial charge in [-0.05, 0) is 55.2 Å². The number of nitrogens with two attached hydrogens (primary N) is 1. The summed E-state index contributed by atoms with van der Waals surface area (Å²) in [5.74, 6) is 0.117. The van der Waals surface area contributed by atoms with Gasteiger partial charge in [-0.15, -0.1) is 0 Å². The molecule has 8 heteroatoms. The van der Waals surface area contributed by atoms with Crippen LogP contribution in [-0.2, 0) is 22.4 Å². The van der Waals surface area contributed by atoms with Crippen LogP contribution in [0.25, 0.3) is 0 Å². The van der Waals surface area contributed by atoms with E-state index < -0.39 is 12.6 Å². The van der Waals surface area contributed by atoms with E-state index in [1.807, 2.05) is 12.1 Å². The molecule has 5 nitrogen and oxygen atoms in total. The smallest absolute Gasteiger partial charge is 0.381 e. The summed E-state index contributed by atoms with van der Waals surface area (Å²) in [5.41, 5.74) is 8.57. The number of hydrogen-bond acceptors (Lipinski definition) is 3. The fraction of sp³-hybridized carbons (Fsp3) is 0.619. The molecular formula is C21H28F3N3O2. The number of aliphatic imine (C=N–C) groups is 1. The molecule has 1 aromatic rings. The van der Waals surface area contributed by atoms with E-state index in [2.05, 4.69) is 0 Å². The summed E-state index contributed by atoms with van der Waals surface area (Å²) in [4.78, 5) is 17.0. The van der Waals surface area contributed by atoms with Gasteiger partial charge in [0.1, 0.15) is 0 Å². The molecule has 1 amide bonds. The first kappa shape index (κ1) is 21.6. The molecule has 0 heterocycles. The van der Waals surface area contributed by atoms with Crippen molar-refractivity contribution in [2.75, 3.05) is 14.2 Å². The van der Waals surface area contributed by atoms with Crippen LogP contribution in [0, 0.1) is 5.41 Å². The molecule has 2 aliphatic rings. The summed E-state index contributed by atoms with van der Waals surface area (Å²) < 4.78 is 43.5. The van der Waals surface area contributed by atoms with Gasteiger partial charge in [0, 0.05) is 26.0 Å². The van der Waals surface area contributed by atoms with Crippen LogP contribution in [0.1, 0.15) is 54.8 Å². The molecule has 1 saturated carbocycles. The third-order valence-corrected chi connectivity index (χ3v) is 6.37. The molecule has 29 heavy (non-hydrogen) atoms. The van der Waals surface area contributed by atoms with E-state index in [4.69, 9.17) is 15.5 Å². The highest BCUT2D eigenvalue weighted by Crippen LogP contribution is 2.56. The Balaban J connectivity index is 1.94. The summed E-state index contributed by atoms with van der Waals surface area (Å²) in [6.07, 6.45) is 0.120. The molecule has 1 unspecified atom stereocenters. The SMILES string of the molecule is COC1CCC2(CC1)Cc1ccc(CCC(F)(F)F)cc1C2/N=C(/N)N(C)C=O. The predicted molar refractivity (Wildman–Crippen MR) is 104 cm³/mol. The van der Waals surface area contributed by atoms with Gasteiger partial charge in [-0.3, -0.25) is 9.69 Å². The van der Waals surface area contributed by atoms with Gasteiger partial charge in [0.2, 0.25) is 6.41 Å². The first-order valence-corrected chi connectivity index (χ1v) is 9.90. The lowest BCUT2D eigenvalue weighted by Gasteiger charge is -2.40. The molecule has 0 aromatic heterocycles. The van der Waals surface area contributed by atoms with E-state index in [1.54, 1.807) is 13.2 Å². The van der Waals surface area contributed by atoms with E-state index in [1.165, 1.54) is 11.9 Å². The van der Waals surface area contributed by atoms with E-state index in [0.717, 1.165) is 43.2 Å². The number of hydrogen-bond donors (Lipinski definition) is 1. The number of halogens is 3. The Morgan fingerprint density at radius 1 is 1.38 bits per heavy atom. The molecule has 0 radical (unpaired) electrons. The predicted octanol–water partition coefficient (Wildman–Crippen LogP) is 3.76. The maximum absolute atomic E-state index is 12.7. The zero-order chi connectivity index (χ0) is 21.2. The minimum atomic E-state index is -4.19. The van der Waals surface area contributed by atoms with Crippen LogP contribution in [0.15, 0.2) is 23.2 Å². The van der Waals surface area contributed by atoms with E-state index in [9.17, 15) is 18.0 Å². The van der Waals surface area contributed by atoms with Crippen molar-refractivity contribution in [2.45, 2.75) is 63.3 Å². The van der Waals surface area contributed by atoms with Crippen LogP contribution in [0.3, 0.4) is 0 Å². The van der Waals surface area contributed by atoms with Crippen molar-refractivity contribution >= 4 is 12.4 Å². The number of nitrogens with zero attached hydrogens (tertiary/aromatic N) is 2. The molecule has 0 bridgehead atoms. The first-order chi connectivity index (χ1) is 13.7. The zero-order valence-corrected chi connectivity index (χ0v) is 16.8. The Morgan fingerprint density at radius 2 is 2.07 bits per heavy atom. The van der Waals surface area contributed by atoms with Crippen molar-refractivity contribution in [3.63, 3.8) is 0 Å². The zero-order valence-electron chi connectivity index (χ0n) is 16.8. The summed E-state index contributed by atoms with van der Waals surface area (Å²) in [6.45, 7) is 0. The van der Waals surface area contributed by atoms with Crippen molar-refractivity contribution in [2.24, 2.45) is 16.1 Å². The molecule has 3 rings (SSSR count). The second kappa shape index (κ2) is 8.34. The second-order valence-corrected chi connectivity index (χ2v) is 8.23. The van der Waals surface area contributed by atoms with Gasteiger partial charge in [0.05, 0.1) is 12.1 Å². The molecule has 0 saturated heterocycles. The number of methoxy groups -OCH3 is 1. The van der Waals surface area contributed by atoms with Crippen molar-refractivity contribution in [1.29, 1.82) is 0 Å². The Kier molecular flexibility index (Phi) is 6.22. The number of guanidine groups is 1. The monoisotopic (exact) mass is 411 g/mol. The van der Waals surface area contributed by atoms with E-state index in [0.29, 0.717) is 12.0 Å². The highest BCUT2D eigenvalue weighted by molar-refractivity contribution is 5.87. The van der Waals surface area contributed by atoms with Gasteiger partial charge >= 0.3 is 6.18 Å². The minimum absolute atomic E-state index is 0.0598. The highest BCUT2D eigenvalue weighted by atomic mass is 19.4. The van der Waals surface area contributed by atoms with Crippen LogP contribution in [0.5, 0.6) is 0 Å². The number of carbonyl (C=O) groups excluding carboxylic acids is 1. The van der Waals surface area contributed by atoms with Crippen LogP contribution in [0.4, 0.5) is 13.2 Å². The third kappa shape index (κ3) is 4.74. The largest absolute Gasteiger partial charge is 0.389 e. The third-order valence-electron chi connectivity index (χ3n) is 6.37. The molecule has 2 N–H and O–H groups in total. The summed E-state index contributed by atoms with van der Waals surface area (Å²) in [5, 5.41) is 0. The van der Waals surface area contributed by atoms with E-state index >= 15 is 0 Å². The minimum Gasteiger partial charge on any atom is -0.381 e. The molecule has 2 aliphatic carbocycles. The first-order valence-electron chi connectivity index (χ1n) is 9.90. The lowest BCUT2D eigenvalue weighted by molar-refractivity contribution is -0.134. The summed E-state index contributed by atoms with van der Waals surface area (Å²) >= 11 is 0. The number of rotatable bonds is 5. The van der Waals surface area contributed by atoms with Crippen molar-refractivity contribution in [1.82, 2.24) is 4.90 Å². The molecule has 1 fully saturated rings. The van der Waals surface area contributed by atoms with Gasteiger partial charge in [0.25, 0.3) is 0 Å². The van der Waals surface area contributed by atoms with Crippen molar-refractivity contribution in [3.05, 3.63) is 34.9 Å². The normalized spacial score (nSPS) is 27.1. The maximum Gasteiger partial charge on any atom is 0.389 e. The Bertz CT molecular complexity index is 771. The van der Waals surface area contributed by atoms with Gasteiger partial charge < -0.3 is 10.5 Å². The fourth-order valence-corrected chi connectivity index (χ4v) is 4.64.